The molecule has 1 N–H and O–H groups in total. The van der Waals surface area contributed by atoms with Gasteiger partial charge in [-0.2, -0.15) is 18.2 Å². The van der Waals surface area contributed by atoms with Gasteiger partial charge >= 0.3 is 6.18 Å². The van der Waals surface area contributed by atoms with Gasteiger partial charge in [-0.25, -0.2) is 0 Å². The summed E-state index contributed by atoms with van der Waals surface area (Å²) >= 11 is 0. The monoisotopic (exact) mass is 363 g/mol. The fraction of sp³-hybridized carbons (Fsp3) is 0.571. The summed E-state index contributed by atoms with van der Waals surface area (Å²) in [5, 5.41) is 0. The maximum atomic E-state index is 13.1. The first kappa shape index (κ1) is 18.5. The number of fused-ring (bicyclic) bond motifs is 1. The van der Waals surface area contributed by atoms with Gasteiger partial charge in [-0.15, -0.1) is 0 Å². The quantitative estimate of drug-likeness (QED) is 0.633. The van der Waals surface area contributed by atoms with Crippen molar-refractivity contribution in [2.75, 3.05) is 13.7 Å². The Hall–Kier alpha value is -1.81. The van der Waals surface area contributed by atoms with Gasteiger partial charge in [-0.05, 0) is 6.04 Å². The third-order valence-corrected chi connectivity index (χ3v) is 5.16. The van der Waals surface area contributed by atoms with Crippen LogP contribution in [0.1, 0.15) is 5.56 Å². The fourth-order valence-electron chi connectivity index (χ4n) is 2.15. The number of ether oxygens (including phenoxy) is 2. The number of halogens is 3. The van der Waals surface area contributed by atoms with E-state index in [1.807, 2.05) is 0 Å². The molecule has 10 heteroatoms. The number of nitrogens with zero attached hydrogens (tertiary/aromatic N) is 2. The molecule has 0 aliphatic heterocycles. The second-order valence-corrected chi connectivity index (χ2v) is 12.2. The Morgan fingerprint density at radius 2 is 2.00 bits per heavy atom. The maximum Gasteiger partial charge on any atom is 0.419 e. The number of hydrogen-bond donors (Lipinski definition) is 1. The lowest BCUT2D eigenvalue weighted by Crippen LogP contribution is -2.22. The second kappa shape index (κ2) is 6.59. The lowest BCUT2D eigenvalue weighted by molar-refractivity contribution is -0.136. The molecule has 134 valence electrons. The third-order valence-electron chi connectivity index (χ3n) is 3.46. The molecule has 0 radical (unpaired) electrons. The van der Waals surface area contributed by atoms with E-state index in [4.69, 9.17) is 9.47 Å². The van der Waals surface area contributed by atoms with E-state index in [-0.39, 0.29) is 18.3 Å². The normalized spacial score (nSPS) is 12.8. The number of hydrogen-bond acceptors (Lipinski definition) is 4. The molecule has 0 saturated heterocycles. The van der Waals surface area contributed by atoms with Crippen LogP contribution in [0.15, 0.2) is 11.0 Å². The zero-order valence-corrected chi connectivity index (χ0v) is 15.0. The first-order valence-corrected chi connectivity index (χ1v) is 11.1. The molecule has 0 bridgehead atoms. The average molecular weight is 363 g/mol. The Labute approximate surface area is 137 Å². The van der Waals surface area contributed by atoms with Crippen molar-refractivity contribution < 1.29 is 22.6 Å². The van der Waals surface area contributed by atoms with E-state index < -0.39 is 30.9 Å². The van der Waals surface area contributed by atoms with E-state index in [1.54, 1.807) is 0 Å². The molecule has 0 spiro atoms. The van der Waals surface area contributed by atoms with Gasteiger partial charge in [-0.1, -0.05) is 19.6 Å². The minimum absolute atomic E-state index is 0.0970. The van der Waals surface area contributed by atoms with Crippen molar-refractivity contribution in [2.45, 2.75) is 38.6 Å². The molecule has 0 aromatic carbocycles. The van der Waals surface area contributed by atoms with Gasteiger partial charge in [0.25, 0.3) is 11.6 Å². The van der Waals surface area contributed by atoms with Crippen molar-refractivity contribution in [1.82, 2.24) is 14.5 Å². The summed E-state index contributed by atoms with van der Waals surface area (Å²) in [7, 11) is -0.0184. The van der Waals surface area contributed by atoms with Gasteiger partial charge in [0.15, 0.2) is 0 Å². The zero-order valence-electron chi connectivity index (χ0n) is 14.0. The zero-order chi connectivity index (χ0) is 18.1. The van der Waals surface area contributed by atoms with Gasteiger partial charge in [0.1, 0.15) is 17.8 Å². The Kier molecular flexibility index (Phi) is 5.09. The first-order chi connectivity index (χ1) is 11.0. The van der Waals surface area contributed by atoms with Gasteiger partial charge in [0, 0.05) is 20.9 Å². The smallest absolute Gasteiger partial charge is 0.419 e. The van der Waals surface area contributed by atoms with E-state index in [0.29, 0.717) is 12.8 Å². The average Bonchev–Trinajstić information content (AvgIpc) is 2.81. The molecule has 0 fully saturated rings. The number of H-pyrrole nitrogens is 1. The fourth-order valence-corrected chi connectivity index (χ4v) is 2.91. The molecule has 2 heterocycles. The summed E-state index contributed by atoms with van der Waals surface area (Å²) in [6.45, 7) is 6.90. The van der Waals surface area contributed by atoms with Gasteiger partial charge in [0.2, 0.25) is 0 Å². The molecular formula is C14H20F3N3O3Si. The van der Waals surface area contributed by atoms with E-state index in [1.165, 1.54) is 11.7 Å². The molecule has 0 saturated carbocycles. The number of aromatic nitrogens is 3. The highest BCUT2D eigenvalue weighted by Gasteiger charge is 2.35. The Bertz CT molecular complexity index is 778. The standard InChI is InChI=1S/C14H20F3N3O3Si/c1-22-13-19-10-9(14(15,16)17)7-18-12(21)11(10)20(13)8-23-5-6-24(2,3)4/h7H,5-6,8H2,1-4H3,(H,18,21). The summed E-state index contributed by atoms with van der Waals surface area (Å²) in [6, 6.07) is 0.798. The number of alkyl halides is 3. The minimum atomic E-state index is -4.63. The van der Waals surface area contributed by atoms with Crippen LogP contribution in [-0.4, -0.2) is 36.3 Å². The number of imidazole rings is 1. The SMILES string of the molecule is COc1nc2c(C(F)(F)F)c[nH]c(=O)c2n1COCC[Si](C)(C)C. The van der Waals surface area contributed by atoms with Crippen LogP contribution in [0.3, 0.4) is 0 Å². The lowest BCUT2D eigenvalue weighted by atomic mass is 10.2. The minimum Gasteiger partial charge on any atom is -0.468 e. The third kappa shape index (κ3) is 3.98. The molecule has 0 atom stereocenters. The second-order valence-electron chi connectivity index (χ2n) is 6.60. The van der Waals surface area contributed by atoms with E-state index in [9.17, 15) is 18.0 Å². The molecule has 0 aliphatic rings. The molecule has 2 aromatic rings. The highest BCUT2D eigenvalue weighted by atomic mass is 28.3. The molecule has 0 unspecified atom stereocenters. The topological polar surface area (TPSA) is 69.1 Å². The van der Waals surface area contributed by atoms with Gasteiger partial charge in [0.05, 0.1) is 12.7 Å². The van der Waals surface area contributed by atoms with Crippen molar-refractivity contribution >= 4 is 19.1 Å². The van der Waals surface area contributed by atoms with Crippen LogP contribution in [-0.2, 0) is 17.6 Å². The molecule has 6 nitrogen and oxygen atoms in total. The summed E-state index contributed by atoms with van der Waals surface area (Å²) in [6.07, 6.45) is -4.02. The predicted octanol–water partition coefficient (Wildman–Crippen LogP) is 3.06. The number of methoxy groups -OCH3 is 1. The highest BCUT2D eigenvalue weighted by molar-refractivity contribution is 6.76. The molecule has 24 heavy (non-hydrogen) atoms. The molecule has 0 aliphatic carbocycles. The maximum absolute atomic E-state index is 13.1. The van der Waals surface area contributed by atoms with Crippen molar-refractivity contribution in [3.8, 4) is 6.01 Å². The Morgan fingerprint density at radius 1 is 1.33 bits per heavy atom. The summed E-state index contributed by atoms with van der Waals surface area (Å²) in [5.74, 6) is 0. The van der Waals surface area contributed by atoms with Crippen LogP contribution in [0.5, 0.6) is 6.01 Å². The number of rotatable bonds is 6. The first-order valence-electron chi connectivity index (χ1n) is 7.35. The summed E-state index contributed by atoms with van der Waals surface area (Å²) < 4.78 is 51.0. The van der Waals surface area contributed by atoms with Crippen molar-refractivity contribution in [2.24, 2.45) is 0 Å². The molecule has 0 amide bonds. The summed E-state index contributed by atoms with van der Waals surface area (Å²) in [4.78, 5) is 17.9. The Balaban J connectivity index is 2.40. The summed E-state index contributed by atoms with van der Waals surface area (Å²) in [5.41, 5.74) is -2.36. The van der Waals surface area contributed by atoms with E-state index in [0.717, 1.165) is 6.04 Å². The van der Waals surface area contributed by atoms with Gasteiger partial charge in [-0.3, -0.25) is 9.36 Å². The Morgan fingerprint density at radius 3 is 2.54 bits per heavy atom. The number of nitrogens with one attached hydrogen (secondary N) is 1. The van der Waals surface area contributed by atoms with Crippen LogP contribution in [0.4, 0.5) is 13.2 Å². The molecule has 2 aromatic heterocycles. The molecule has 2 rings (SSSR count). The van der Waals surface area contributed by atoms with E-state index >= 15 is 0 Å². The van der Waals surface area contributed by atoms with E-state index in [2.05, 4.69) is 29.6 Å². The predicted molar refractivity (Wildman–Crippen MR) is 86.0 cm³/mol. The van der Waals surface area contributed by atoms with Crippen LogP contribution >= 0.6 is 0 Å². The van der Waals surface area contributed by atoms with Crippen molar-refractivity contribution in [3.05, 3.63) is 22.1 Å². The van der Waals surface area contributed by atoms with Crippen LogP contribution < -0.4 is 10.3 Å². The molecular weight excluding hydrogens is 343 g/mol. The highest BCUT2D eigenvalue weighted by Crippen LogP contribution is 2.34. The van der Waals surface area contributed by atoms with Crippen molar-refractivity contribution in [1.29, 1.82) is 0 Å². The van der Waals surface area contributed by atoms with Gasteiger partial charge < -0.3 is 14.5 Å². The van der Waals surface area contributed by atoms with Crippen LogP contribution in [0, 0.1) is 0 Å². The van der Waals surface area contributed by atoms with Crippen LogP contribution in [0.2, 0.25) is 25.7 Å². The lowest BCUT2D eigenvalue weighted by Gasteiger charge is -2.16. The van der Waals surface area contributed by atoms with Crippen molar-refractivity contribution in [3.63, 3.8) is 0 Å². The number of pyridine rings is 1. The number of aromatic amines is 1. The largest absolute Gasteiger partial charge is 0.468 e. The van der Waals surface area contributed by atoms with Crippen LogP contribution in [0.25, 0.3) is 11.0 Å².